The summed E-state index contributed by atoms with van der Waals surface area (Å²) in [6.45, 7) is 12.6. The third-order valence-corrected chi connectivity index (χ3v) is 2.32. The van der Waals surface area contributed by atoms with Gasteiger partial charge < -0.3 is 10.5 Å². The van der Waals surface area contributed by atoms with E-state index in [1.165, 1.54) is 0 Å². The van der Waals surface area contributed by atoms with Gasteiger partial charge in [0.1, 0.15) is 0 Å². The van der Waals surface area contributed by atoms with Crippen LogP contribution < -0.4 is 5.73 Å². The molecule has 0 aromatic heterocycles. The maximum atomic E-state index is 5.59. The molecule has 3 heteroatoms. The van der Waals surface area contributed by atoms with Crippen LogP contribution in [-0.2, 0) is 4.74 Å². The number of hydrogen-bond donors (Lipinski definition) is 1. The van der Waals surface area contributed by atoms with Crippen molar-refractivity contribution in [3.05, 3.63) is 12.7 Å². The minimum absolute atomic E-state index is 0.106. The second-order valence-corrected chi connectivity index (χ2v) is 4.46. The van der Waals surface area contributed by atoms with Crippen molar-refractivity contribution in [3.63, 3.8) is 0 Å². The van der Waals surface area contributed by atoms with Crippen molar-refractivity contribution in [1.82, 2.24) is 4.90 Å². The van der Waals surface area contributed by atoms with E-state index >= 15 is 0 Å². The van der Waals surface area contributed by atoms with Crippen LogP contribution in [0.5, 0.6) is 0 Å². The Balaban J connectivity index is 4.28. The first-order valence-corrected chi connectivity index (χ1v) is 5.04. The Morgan fingerprint density at radius 3 is 2.36 bits per heavy atom. The molecule has 0 radical (unpaired) electrons. The molecule has 0 saturated heterocycles. The zero-order valence-corrected chi connectivity index (χ0v) is 9.92. The molecular formula is C11H24N2O. The van der Waals surface area contributed by atoms with Crippen LogP contribution in [0.4, 0.5) is 0 Å². The van der Waals surface area contributed by atoms with Gasteiger partial charge in [-0.15, -0.1) is 6.58 Å². The molecule has 0 aromatic carbocycles. The molecule has 14 heavy (non-hydrogen) atoms. The summed E-state index contributed by atoms with van der Waals surface area (Å²) >= 11 is 0. The van der Waals surface area contributed by atoms with E-state index in [0.717, 1.165) is 13.1 Å². The van der Waals surface area contributed by atoms with Gasteiger partial charge in [0.2, 0.25) is 0 Å². The molecule has 0 rings (SSSR count). The lowest BCUT2D eigenvalue weighted by Gasteiger charge is -2.36. The number of nitrogens with zero attached hydrogens (tertiary/aromatic N) is 1. The highest BCUT2D eigenvalue weighted by Crippen LogP contribution is 2.13. The van der Waals surface area contributed by atoms with Crippen LogP contribution in [-0.4, -0.2) is 43.3 Å². The lowest BCUT2D eigenvalue weighted by molar-refractivity contribution is 0.0408. The molecule has 1 atom stereocenters. The van der Waals surface area contributed by atoms with Crippen molar-refractivity contribution in [2.75, 3.05) is 26.7 Å². The Hall–Kier alpha value is -0.380. The zero-order valence-electron chi connectivity index (χ0n) is 9.92. The molecule has 0 aliphatic carbocycles. The highest BCUT2D eigenvalue weighted by molar-refractivity contribution is 4.84. The van der Waals surface area contributed by atoms with Gasteiger partial charge in [-0.2, -0.15) is 0 Å². The SMILES string of the molecule is C=CCN(CC(CN)OC)C(C)(C)C. The quantitative estimate of drug-likeness (QED) is 0.656. The van der Waals surface area contributed by atoms with E-state index in [0.29, 0.717) is 6.54 Å². The molecule has 0 spiro atoms. The third kappa shape index (κ3) is 4.74. The van der Waals surface area contributed by atoms with Gasteiger partial charge in [-0.1, -0.05) is 6.08 Å². The Morgan fingerprint density at radius 1 is 1.50 bits per heavy atom. The fraction of sp³-hybridized carbons (Fsp3) is 0.818. The first kappa shape index (κ1) is 13.6. The molecule has 0 aliphatic heterocycles. The fourth-order valence-corrected chi connectivity index (χ4v) is 1.27. The lowest BCUT2D eigenvalue weighted by Crippen LogP contribution is -2.47. The number of nitrogens with two attached hydrogens (primary N) is 1. The summed E-state index contributed by atoms with van der Waals surface area (Å²) in [5, 5.41) is 0. The normalized spacial score (nSPS) is 14.4. The average molecular weight is 200 g/mol. The second-order valence-electron chi connectivity index (χ2n) is 4.46. The summed E-state index contributed by atoms with van der Waals surface area (Å²) in [5.41, 5.74) is 5.72. The van der Waals surface area contributed by atoms with E-state index in [9.17, 15) is 0 Å². The standard InChI is InChI=1S/C11H24N2O/c1-6-7-13(11(2,3)4)9-10(8-12)14-5/h6,10H,1,7-9,12H2,2-5H3. The van der Waals surface area contributed by atoms with Crippen molar-refractivity contribution < 1.29 is 4.74 Å². The molecule has 0 bridgehead atoms. The van der Waals surface area contributed by atoms with E-state index in [2.05, 4.69) is 32.3 Å². The van der Waals surface area contributed by atoms with Crippen molar-refractivity contribution in [2.24, 2.45) is 5.73 Å². The van der Waals surface area contributed by atoms with Crippen molar-refractivity contribution in [1.29, 1.82) is 0 Å². The maximum Gasteiger partial charge on any atom is 0.0820 e. The number of ether oxygens (including phenoxy) is 1. The van der Waals surface area contributed by atoms with Gasteiger partial charge in [-0.25, -0.2) is 0 Å². The molecule has 3 nitrogen and oxygen atoms in total. The number of methoxy groups -OCH3 is 1. The minimum atomic E-state index is 0.106. The Labute approximate surface area is 87.9 Å². The summed E-state index contributed by atoms with van der Waals surface area (Å²) in [6.07, 6.45) is 2.02. The molecular weight excluding hydrogens is 176 g/mol. The smallest absolute Gasteiger partial charge is 0.0820 e. The highest BCUT2D eigenvalue weighted by Gasteiger charge is 2.22. The predicted molar refractivity (Wildman–Crippen MR) is 61.4 cm³/mol. The van der Waals surface area contributed by atoms with Gasteiger partial charge in [-0.05, 0) is 20.8 Å². The molecule has 2 N–H and O–H groups in total. The van der Waals surface area contributed by atoms with Crippen LogP contribution >= 0.6 is 0 Å². The molecule has 0 aliphatic rings. The topological polar surface area (TPSA) is 38.5 Å². The van der Waals surface area contributed by atoms with Gasteiger partial charge in [0.05, 0.1) is 6.10 Å². The van der Waals surface area contributed by atoms with E-state index in [1.54, 1.807) is 7.11 Å². The lowest BCUT2D eigenvalue weighted by atomic mass is 10.1. The summed E-state index contributed by atoms with van der Waals surface area (Å²) in [5.74, 6) is 0. The summed E-state index contributed by atoms with van der Waals surface area (Å²) in [4.78, 5) is 2.31. The summed E-state index contributed by atoms with van der Waals surface area (Å²) in [7, 11) is 1.70. The van der Waals surface area contributed by atoms with Gasteiger partial charge >= 0.3 is 0 Å². The Bertz CT molecular complexity index is 159. The summed E-state index contributed by atoms with van der Waals surface area (Å²) in [6, 6.07) is 0. The largest absolute Gasteiger partial charge is 0.379 e. The van der Waals surface area contributed by atoms with E-state index in [1.807, 2.05) is 6.08 Å². The molecule has 0 aromatic rings. The maximum absolute atomic E-state index is 5.59. The van der Waals surface area contributed by atoms with Crippen LogP contribution in [0.2, 0.25) is 0 Å². The zero-order chi connectivity index (χ0) is 11.2. The summed E-state index contributed by atoms with van der Waals surface area (Å²) < 4.78 is 5.27. The third-order valence-electron chi connectivity index (χ3n) is 2.32. The van der Waals surface area contributed by atoms with Crippen LogP contribution in [0.1, 0.15) is 20.8 Å². The molecule has 0 saturated carbocycles. The van der Waals surface area contributed by atoms with Crippen molar-refractivity contribution in [2.45, 2.75) is 32.4 Å². The van der Waals surface area contributed by atoms with Crippen LogP contribution in [0, 0.1) is 0 Å². The van der Waals surface area contributed by atoms with Crippen LogP contribution in [0.15, 0.2) is 12.7 Å². The van der Waals surface area contributed by atoms with E-state index in [4.69, 9.17) is 10.5 Å². The van der Waals surface area contributed by atoms with Crippen molar-refractivity contribution in [3.8, 4) is 0 Å². The number of rotatable bonds is 6. The predicted octanol–water partition coefficient (Wildman–Crippen LogP) is 1.25. The Kier molecular flexibility index (Phi) is 6.00. The molecule has 1 unspecified atom stereocenters. The molecule has 84 valence electrons. The minimum Gasteiger partial charge on any atom is -0.379 e. The highest BCUT2D eigenvalue weighted by atomic mass is 16.5. The Morgan fingerprint density at radius 2 is 2.07 bits per heavy atom. The fourth-order valence-electron chi connectivity index (χ4n) is 1.27. The monoisotopic (exact) mass is 200 g/mol. The van der Waals surface area contributed by atoms with Gasteiger partial charge in [0.25, 0.3) is 0 Å². The molecule has 0 amide bonds. The van der Waals surface area contributed by atoms with E-state index < -0.39 is 0 Å². The average Bonchev–Trinajstić information content (AvgIpc) is 2.10. The second kappa shape index (κ2) is 6.17. The van der Waals surface area contributed by atoms with Crippen LogP contribution in [0.3, 0.4) is 0 Å². The molecule has 0 fully saturated rings. The van der Waals surface area contributed by atoms with Gasteiger partial charge in [0, 0.05) is 32.3 Å². The van der Waals surface area contributed by atoms with E-state index in [-0.39, 0.29) is 11.6 Å². The molecule has 0 heterocycles. The number of hydrogen-bond acceptors (Lipinski definition) is 3. The first-order chi connectivity index (χ1) is 6.45. The van der Waals surface area contributed by atoms with Gasteiger partial charge in [-0.3, -0.25) is 4.90 Å². The van der Waals surface area contributed by atoms with Gasteiger partial charge in [0.15, 0.2) is 0 Å². The van der Waals surface area contributed by atoms with Crippen molar-refractivity contribution >= 4 is 0 Å². The van der Waals surface area contributed by atoms with Crippen LogP contribution in [0.25, 0.3) is 0 Å². The first-order valence-electron chi connectivity index (χ1n) is 5.04.